The summed E-state index contributed by atoms with van der Waals surface area (Å²) in [6.45, 7) is 11.2. The van der Waals surface area contributed by atoms with Crippen molar-refractivity contribution in [2.75, 3.05) is 39.4 Å². The van der Waals surface area contributed by atoms with Gasteiger partial charge in [0.25, 0.3) is 0 Å². The van der Waals surface area contributed by atoms with E-state index < -0.39 is 0 Å². The van der Waals surface area contributed by atoms with Gasteiger partial charge in [-0.05, 0) is 0 Å². The zero-order valence-corrected chi connectivity index (χ0v) is 10.0. The Bertz CT molecular complexity index is 197. The summed E-state index contributed by atoms with van der Waals surface area (Å²) in [6.07, 6.45) is 0. The van der Waals surface area contributed by atoms with Crippen molar-refractivity contribution < 1.29 is 9.53 Å². The van der Waals surface area contributed by atoms with Crippen LogP contribution in [0.1, 0.15) is 20.8 Å². The van der Waals surface area contributed by atoms with Crippen LogP contribution in [0.2, 0.25) is 0 Å². The molecule has 2 fully saturated rings. The minimum atomic E-state index is 0.199. The highest BCUT2D eigenvalue weighted by atomic mass is 16.5. The number of carbonyl (C=O) groups excluding carboxylic acids is 1. The summed E-state index contributed by atoms with van der Waals surface area (Å²) in [6, 6.07) is 0.620. The largest absolute Gasteiger partial charge is 0.378 e. The van der Waals surface area contributed by atoms with Crippen molar-refractivity contribution in [2.45, 2.75) is 26.8 Å². The second-order valence-electron chi connectivity index (χ2n) is 3.73. The van der Waals surface area contributed by atoms with Crippen molar-refractivity contribution in [3.05, 3.63) is 0 Å². The van der Waals surface area contributed by atoms with Crippen molar-refractivity contribution in [3.63, 3.8) is 0 Å². The van der Waals surface area contributed by atoms with Gasteiger partial charge in [0.2, 0.25) is 5.91 Å². The van der Waals surface area contributed by atoms with Gasteiger partial charge >= 0.3 is 0 Å². The van der Waals surface area contributed by atoms with E-state index in [-0.39, 0.29) is 5.91 Å². The summed E-state index contributed by atoms with van der Waals surface area (Å²) in [5, 5.41) is 0. The Kier molecular flexibility index (Phi) is 5.05. The first kappa shape index (κ1) is 12.5. The Morgan fingerprint density at radius 2 is 1.67 bits per heavy atom. The molecule has 0 saturated carbocycles. The van der Waals surface area contributed by atoms with Crippen LogP contribution in [-0.2, 0) is 9.53 Å². The average Bonchev–Trinajstić information content (AvgIpc) is 2.19. The number of rotatable bonds is 1. The van der Waals surface area contributed by atoms with Crippen molar-refractivity contribution in [2.24, 2.45) is 0 Å². The molecular formula is C11H22N2O2. The number of hydrogen-bond acceptors (Lipinski definition) is 3. The molecule has 0 radical (unpaired) electrons. The van der Waals surface area contributed by atoms with Crippen LogP contribution in [0.4, 0.5) is 0 Å². The van der Waals surface area contributed by atoms with Crippen molar-refractivity contribution in [1.82, 2.24) is 9.80 Å². The van der Waals surface area contributed by atoms with Gasteiger partial charge in [-0.3, -0.25) is 9.69 Å². The van der Waals surface area contributed by atoms with Crippen LogP contribution in [0, 0.1) is 0 Å². The SMILES string of the molecule is CC.CC(=O)N1CCN(C2COC2)CC1. The number of hydrogen-bond donors (Lipinski definition) is 0. The number of amides is 1. The third-order valence-electron chi connectivity index (χ3n) is 2.90. The van der Waals surface area contributed by atoms with Crippen LogP contribution in [0.15, 0.2) is 0 Å². The highest BCUT2D eigenvalue weighted by Gasteiger charge is 2.29. The van der Waals surface area contributed by atoms with Crippen LogP contribution in [0.25, 0.3) is 0 Å². The minimum absolute atomic E-state index is 0.199. The van der Waals surface area contributed by atoms with Crippen molar-refractivity contribution >= 4 is 5.91 Å². The fourth-order valence-corrected chi connectivity index (χ4v) is 1.84. The average molecular weight is 214 g/mol. The smallest absolute Gasteiger partial charge is 0.219 e. The highest BCUT2D eigenvalue weighted by molar-refractivity contribution is 5.73. The van der Waals surface area contributed by atoms with Crippen LogP contribution >= 0.6 is 0 Å². The first-order valence-electron chi connectivity index (χ1n) is 5.84. The molecule has 0 spiro atoms. The maximum absolute atomic E-state index is 11.0. The summed E-state index contributed by atoms with van der Waals surface area (Å²) in [7, 11) is 0. The molecule has 88 valence electrons. The van der Waals surface area contributed by atoms with Crippen molar-refractivity contribution in [1.29, 1.82) is 0 Å². The zero-order chi connectivity index (χ0) is 11.3. The van der Waals surface area contributed by atoms with Gasteiger partial charge in [0.1, 0.15) is 0 Å². The van der Waals surface area contributed by atoms with Gasteiger partial charge < -0.3 is 9.64 Å². The maximum atomic E-state index is 11.0. The lowest BCUT2D eigenvalue weighted by molar-refractivity contribution is -0.133. The molecule has 1 amide bonds. The predicted molar refractivity (Wildman–Crippen MR) is 59.8 cm³/mol. The van der Waals surface area contributed by atoms with Gasteiger partial charge in [0.15, 0.2) is 0 Å². The third-order valence-corrected chi connectivity index (χ3v) is 2.90. The summed E-state index contributed by atoms with van der Waals surface area (Å²) in [4.78, 5) is 15.4. The molecule has 0 atom stereocenters. The lowest BCUT2D eigenvalue weighted by Crippen LogP contribution is -2.57. The Labute approximate surface area is 92.2 Å². The molecule has 15 heavy (non-hydrogen) atoms. The number of nitrogens with zero attached hydrogens (tertiary/aromatic N) is 2. The van der Waals surface area contributed by atoms with E-state index in [4.69, 9.17) is 4.74 Å². The highest BCUT2D eigenvalue weighted by Crippen LogP contribution is 2.12. The van der Waals surface area contributed by atoms with Crippen LogP contribution in [-0.4, -0.2) is 61.1 Å². The number of ether oxygens (including phenoxy) is 1. The third kappa shape index (κ3) is 3.18. The Morgan fingerprint density at radius 3 is 2.00 bits per heavy atom. The molecule has 0 bridgehead atoms. The normalized spacial score (nSPS) is 22.7. The van der Waals surface area contributed by atoms with E-state index in [1.54, 1.807) is 6.92 Å². The fraction of sp³-hybridized carbons (Fsp3) is 0.909. The second kappa shape index (κ2) is 6.08. The number of carbonyl (C=O) groups is 1. The molecule has 2 saturated heterocycles. The van der Waals surface area contributed by atoms with Crippen LogP contribution in [0.3, 0.4) is 0 Å². The standard InChI is InChI=1S/C9H16N2O2.C2H6/c1-8(12)10-2-4-11(5-3-10)9-6-13-7-9;1-2/h9H,2-7H2,1H3;1-2H3. The maximum Gasteiger partial charge on any atom is 0.219 e. The van der Waals surface area contributed by atoms with E-state index >= 15 is 0 Å². The van der Waals surface area contributed by atoms with Gasteiger partial charge in [-0.1, -0.05) is 13.8 Å². The Hall–Kier alpha value is -0.610. The van der Waals surface area contributed by atoms with Gasteiger partial charge in [0.05, 0.1) is 19.3 Å². The second-order valence-corrected chi connectivity index (χ2v) is 3.73. The fourth-order valence-electron chi connectivity index (χ4n) is 1.84. The first-order chi connectivity index (χ1) is 7.27. The van der Waals surface area contributed by atoms with Gasteiger partial charge in [-0.15, -0.1) is 0 Å². The molecular weight excluding hydrogens is 192 g/mol. The Morgan fingerprint density at radius 1 is 1.13 bits per heavy atom. The van der Waals surface area contributed by atoms with Crippen LogP contribution < -0.4 is 0 Å². The molecule has 2 heterocycles. The van der Waals surface area contributed by atoms with E-state index in [0.29, 0.717) is 6.04 Å². The summed E-state index contributed by atoms with van der Waals surface area (Å²) < 4.78 is 5.14. The molecule has 0 unspecified atom stereocenters. The summed E-state index contributed by atoms with van der Waals surface area (Å²) in [5.74, 6) is 0.199. The molecule has 4 heteroatoms. The van der Waals surface area contributed by atoms with E-state index in [9.17, 15) is 4.79 Å². The van der Waals surface area contributed by atoms with Gasteiger partial charge in [-0.25, -0.2) is 0 Å². The molecule has 2 aliphatic heterocycles. The quantitative estimate of drug-likeness (QED) is 0.640. The molecule has 0 N–H and O–H groups in total. The summed E-state index contributed by atoms with van der Waals surface area (Å²) >= 11 is 0. The predicted octanol–water partition coefficient (Wildman–Crippen LogP) is 0.575. The Balaban J connectivity index is 0.000000531. The summed E-state index contributed by atoms with van der Waals surface area (Å²) in [5.41, 5.74) is 0. The topological polar surface area (TPSA) is 32.8 Å². The number of piperazine rings is 1. The molecule has 0 aromatic heterocycles. The monoisotopic (exact) mass is 214 g/mol. The van der Waals surface area contributed by atoms with Gasteiger partial charge in [0, 0.05) is 33.1 Å². The van der Waals surface area contributed by atoms with E-state index in [0.717, 1.165) is 39.4 Å². The molecule has 0 aromatic rings. The first-order valence-corrected chi connectivity index (χ1v) is 5.84. The molecule has 0 aromatic carbocycles. The lowest BCUT2D eigenvalue weighted by Gasteiger charge is -2.42. The van der Waals surface area contributed by atoms with Crippen LogP contribution in [0.5, 0.6) is 0 Å². The van der Waals surface area contributed by atoms with Crippen molar-refractivity contribution in [3.8, 4) is 0 Å². The zero-order valence-electron chi connectivity index (χ0n) is 10.0. The molecule has 2 rings (SSSR count). The molecule has 2 aliphatic rings. The molecule has 0 aliphatic carbocycles. The minimum Gasteiger partial charge on any atom is -0.378 e. The van der Waals surface area contributed by atoms with E-state index in [2.05, 4.69) is 4.90 Å². The molecule has 4 nitrogen and oxygen atoms in total. The van der Waals surface area contributed by atoms with Gasteiger partial charge in [-0.2, -0.15) is 0 Å². The van der Waals surface area contributed by atoms with E-state index in [1.807, 2.05) is 18.7 Å². The van der Waals surface area contributed by atoms with E-state index in [1.165, 1.54) is 0 Å². The lowest BCUT2D eigenvalue weighted by atomic mass is 10.2.